The van der Waals surface area contributed by atoms with E-state index in [4.69, 9.17) is 10.2 Å². The molecule has 0 amide bonds. The maximum Gasteiger partial charge on any atom is 0.447 e. The van der Waals surface area contributed by atoms with Crippen LogP contribution in [-0.4, -0.2) is 29.4 Å². The van der Waals surface area contributed by atoms with E-state index < -0.39 is 12.0 Å². The van der Waals surface area contributed by atoms with Gasteiger partial charge < -0.3 is 10.2 Å². The number of alkyl halides is 4. The Kier molecular flexibility index (Phi) is 4.59. The summed E-state index contributed by atoms with van der Waals surface area (Å²) in [6.07, 6.45) is -5.17. The van der Waals surface area contributed by atoms with Gasteiger partial charge in [-0.1, -0.05) is 0 Å². The van der Waals surface area contributed by atoms with E-state index in [0.29, 0.717) is 0 Å². The minimum absolute atomic E-state index is 0.0347. The van der Waals surface area contributed by atoms with Crippen molar-refractivity contribution in [1.82, 2.24) is 0 Å². The molecule has 0 fully saturated rings. The summed E-state index contributed by atoms with van der Waals surface area (Å²) in [4.78, 5) is 0. The molecule has 0 aromatic rings. The number of aliphatic hydroxyl groups is 2. The highest BCUT2D eigenvalue weighted by Crippen LogP contribution is 2.30. The molecule has 1 unspecified atom stereocenters. The lowest BCUT2D eigenvalue weighted by atomic mass is 10.4. The maximum absolute atomic E-state index is 11.3. The van der Waals surface area contributed by atoms with Crippen molar-refractivity contribution in [3.63, 3.8) is 0 Å². The van der Waals surface area contributed by atoms with Crippen molar-refractivity contribution >= 4 is 0 Å². The smallest absolute Gasteiger partial charge is 0.400 e. The molecule has 0 spiro atoms. The molecule has 10 heavy (non-hydrogen) atoms. The van der Waals surface area contributed by atoms with E-state index in [1.165, 1.54) is 0 Å². The van der Waals surface area contributed by atoms with Crippen LogP contribution in [0.25, 0.3) is 0 Å². The van der Waals surface area contributed by atoms with Gasteiger partial charge in [-0.3, -0.25) is 0 Å². The Morgan fingerprint density at radius 2 is 1.10 bits per heavy atom. The van der Waals surface area contributed by atoms with Crippen LogP contribution >= 0.6 is 0 Å². The quantitative estimate of drug-likeness (QED) is 0.520. The van der Waals surface area contributed by atoms with E-state index in [0.717, 1.165) is 7.11 Å². The predicted octanol–water partition coefficient (Wildman–Crippen LogP) is 0.835. The van der Waals surface area contributed by atoms with Gasteiger partial charge >= 0.3 is 12.0 Å². The summed E-state index contributed by atoms with van der Waals surface area (Å²) in [7, 11) is 1.00. The first-order valence-corrected chi connectivity index (χ1v) is 2.18. The van der Waals surface area contributed by atoms with Crippen LogP contribution in [-0.2, 0) is 0 Å². The normalized spacial score (nSPS) is 16.8. The molecular weight excluding hydrogens is 156 g/mol. The van der Waals surface area contributed by atoms with Gasteiger partial charge in [-0.25, -0.2) is 4.39 Å². The van der Waals surface area contributed by atoms with Crippen molar-refractivity contribution in [3.05, 3.63) is 0 Å². The molecule has 0 aliphatic carbocycles. The summed E-state index contributed by atoms with van der Waals surface area (Å²) in [6, 6.07) is 0. The van der Waals surface area contributed by atoms with Crippen LogP contribution in [0.3, 0.4) is 0 Å². The van der Waals surface area contributed by atoms with Gasteiger partial charge in [0.05, 0.1) is 0 Å². The zero-order chi connectivity index (χ0) is 9.00. The molecule has 0 aliphatic rings. The van der Waals surface area contributed by atoms with Crippen LogP contribution in [0.4, 0.5) is 17.6 Å². The summed E-state index contributed by atoms with van der Waals surface area (Å²) >= 11 is 0. The fraction of sp³-hybridized carbons (Fsp3) is 1.00. The second-order valence-electron chi connectivity index (χ2n) is 1.45. The van der Waals surface area contributed by atoms with E-state index in [1.807, 2.05) is 0 Å². The predicted molar refractivity (Wildman–Crippen MR) is 25.9 cm³/mol. The van der Waals surface area contributed by atoms with Crippen molar-refractivity contribution in [3.8, 4) is 0 Å². The Morgan fingerprint density at radius 1 is 1.00 bits per heavy atom. The van der Waals surface area contributed by atoms with Gasteiger partial charge in [-0.05, 0) is 0 Å². The van der Waals surface area contributed by atoms with Crippen LogP contribution in [0, 0.1) is 0 Å². The van der Waals surface area contributed by atoms with Gasteiger partial charge in [0.2, 0.25) is 0 Å². The van der Waals surface area contributed by atoms with Crippen molar-refractivity contribution in [2.75, 3.05) is 7.11 Å². The van der Waals surface area contributed by atoms with Gasteiger partial charge in [0.25, 0.3) is 0 Å². The lowest BCUT2D eigenvalue weighted by molar-refractivity contribution is -0.306. The third-order valence-electron chi connectivity index (χ3n) is 0.517. The molecule has 0 rings (SSSR count). The van der Waals surface area contributed by atoms with Gasteiger partial charge in [0, 0.05) is 14.0 Å². The van der Waals surface area contributed by atoms with Gasteiger partial charge in [0.15, 0.2) is 0 Å². The van der Waals surface area contributed by atoms with Crippen molar-refractivity contribution in [2.24, 2.45) is 0 Å². The second kappa shape index (κ2) is 3.72. The fourth-order valence-corrected chi connectivity index (χ4v) is 0. The summed E-state index contributed by atoms with van der Waals surface area (Å²) in [5.74, 6) is -4.06. The summed E-state index contributed by atoms with van der Waals surface area (Å²) in [6.45, 7) is 0.0347. The zero-order valence-electron chi connectivity index (χ0n) is 5.41. The lowest BCUT2D eigenvalue weighted by Crippen LogP contribution is -2.36. The van der Waals surface area contributed by atoms with E-state index in [1.54, 1.807) is 0 Å². The Morgan fingerprint density at radius 3 is 1.10 bits per heavy atom. The number of aliphatic hydroxyl groups excluding tert-OH is 1. The number of rotatable bonds is 0. The van der Waals surface area contributed by atoms with Crippen molar-refractivity contribution in [1.29, 1.82) is 0 Å². The Hall–Kier alpha value is -0.360. The highest BCUT2D eigenvalue weighted by atomic mass is 19.4. The molecule has 2 nitrogen and oxygen atoms in total. The van der Waals surface area contributed by atoms with E-state index in [-0.39, 0.29) is 6.92 Å². The molecule has 0 aliphatic heterocycles. The lowest BCUT2D eigenvalue weighted by Gasteiger charge is -2.15. The van der Waals surface area contributed by atoms with Crippen LogP contribution in [0.15, 0.2) is 0 Å². The number of hydrogen-bond acceptors (Lipinski definition) is 2. The molecule has 0 bridgehead atoms. The van der Waals surface area contributed by atoms with E-state index >= 15 is 0 Å². The minimum Gasteiger partial charge on any atom is -0.400 e. The monoisotopic (exact) mass is 164 g/mol. The summed E-state index contributed by atoms with van der Waals surface area (Å²) < 4.78 is 44.1. The molecule has 0 saturated heterocycles. The van der Waals surface area contributed by atoms with Crippen LogP contribution < -0.4 is 0 Å². The Bertz CT molecular complexity index is 70.2. The standard InChI is InChI=1S/C3H4F4O.CH4O/c1-2(4,8)3(5,6)7;1-2/h8H,1H3;2H,1H3. The molecule has 0 aromatic heterocycles. The van der Waals surface area contributed by atoms with Gasteiger partial charge in [-0.15, -0.1) is 0 Å². The SMILES string of the molecule is CC(O)(F)C(F)(F)F.CO. The first-order valence-electron chi connectivity index (χ1n) is 2.18. The average Bonchev–Trinajstić information content (AvgIpc) is 1.66. The topological polar surface area (TPSA) is 40.5 Å². The average molecular weight is 164 g/mol. The van der Waals surface area contributed by atoms with E-state index in [2.05, 4.69) is 0 Å². The number of hydrogen-bond donors (Lipinski definition) is 2. The molecule has 0 aromatic carbocycles. The van der Waals surface area contributed by atoms with Crippen LogP contribution in [0.5, 0.6) is 0 Å². The Balaban J connectivity index is 0. The van der Waals surface area contributed by atoms with Crippen LogP contribution in [0.1, 0.15) is 6.92 Å². The molecule has 1 atom stereocenters. The molecule has 0 saturated carbocycles. The molecule has 2 N–H and O–H groups in total. The molecule has 0 heterocycles. The largest absolute Gasteiger partial charge is 0.447 e. The highest BCUT2D eigenvalue weighted by Gasteiger charge is 2.50. The second-order valence-corrected chi connectivity index (χ2v) is 1.45. The molecule has 64 valence electrons. The molecular formula is C4H8F4O2. The van der Waals surface area contributed by atoms with Crippen molar-refractivity contribution < 1.29 is 27.8 Å². The summed E-state index contributed by atoms with van der Waals surface area (Å²) in [5.41, 5.74) is 0. The van der Waals surface area contributed by atoms with Gasteiger partial charge in [0.1, 0.15) is 0 Å². The van der Waals surface area contributed by atoms with Gasteiger partial charge in [-0.2, -0.15) is 13.2 Å². The minimum atomic E-state index is -5.17. The highest BCUT2D eigenvalue weighted by molar-refractivity contribution is 4.66. The maximum atomic E-state index is 11.3. The van der Waals surface area contributed by atoms with Crippen LogP contribution in [0.2, 0.25) is 0 Å². The Labute approximate surface area is 55.1 Å². The van der Waals surface area contributed by atoms with E-state index in [9.17, 15) is 17.6 Å². The first kappa shape index (κ1) is 12.3. The number of halogens is 4. The third kappa shape index (κ3) is 4.51. The third-order valence-corrected chi connectivity index (χ3v) is 0.517. The first-order chi connectivity index (χ1) is 4.25. The fourth-order valence-electron chi connectivity index (χ4n) is 0. The summed E-state index contributed by atoms with van der Waals surface area (Å²) in [5, 5.41) is 14.6. The van der Waals surface area contributed by atoms with Crippen molar-refractivity contribution in [2.45, 2.75) is 19.0 Å². The molecule has 0 radical (unpaired) electrons. The molecule has 6 heteroatoms. The zero-order valence-corrected chi connectivity index (χ0v) is 5.41.